The summed E-state index contributed by atoms with van der Waals surface area (Å²) in [6.45, 7) is 5.65. The number of allylic oxidation sites excluding steroid dienone is 2. The number of aliphatic hydroxyl groups excluding tert-OH is 1. The van der Waals surface area contributed by atoms with Gasteiger partial charge >= 0.3 is 0 Å². The van der Waals surface area contributed by atoms with E-state index in [2.05, 4.69) is 6.58 Å². The molecule has 0 saturated carbocycles. The quantitative estimate of drug-likeness (QED) is 0.609. The van der Waals surface area contributed by atoms with Crippen molar-refractivity contribution < 1.29 is 10.2 Å². The van der Waals surface area contributed by atoms with Crippen LogP contribution in [0.2, 0.25) is 0 Å². The molecule has 2 atom stereocenters. The van der Waals surface area contributed by atoms with Crippen LogP contribution in [-0.4, -0.2) is 22.4 Å². The maximum Gasteiger partial charge on any atom is 0.106 e. The third-order valence-corrected chi connectivity index (χ3v) is 2.43. The molecule has 0 fully saturated rings. The third kappa shape index (κ3) is 1.96. The SMILES string of the molecule is C=C(C)[C@H]1C=C[C@@](O)(CO)CC1. The third-order valence-electron chi connectivity index (χ3n) is 2.43. The van der Waals surface area contributed by atoms with Crippen molar-refractivity contribution in [1.29, 1.82) is 0 Å². The Morgan fingerprint density at radius 2 is 2.42 bits per heavy atom. The van der Waals surface area contributed by atoms with Gasteiger partial charge in [0.1, 0.15) is 5.60 Å². The monoisotopic (exact) mass is 168 g/mol. The molecule has 2 heteroatoms. The van der Waals surface area contributed by atoms with Gasteiger partial charge in [-0.3, -0.25) is 0 Å². The van der Waals surface area contributed by atoms with E-state index in [4.69, 9.17) is 5.11 Å². The molecule has 0 bridgehead atoms. The second kappa shape index (κ2) is 3.42. The van der Waals surface area contributed by atoms with Gasteiger partial charge in [-0.2, -0.15) is 0 Å². The van der Waals surface area contributed by atoms with Crippen LogP contribution in [0.5, 0.6) is 0 Å². The number of hydrogen-bond acceptors (Lipinski definition) is 2. The van der Waals surface area contributed by atoms with Gasteiger partial charge in [-0.25, -0.2) is 0 Å². The predicted octanol–water partition coefficient (Wildman–Crippen LogP) is 1.25. The molecule has 0 aromatic rings. The molecule has 2 nitrogen and oxygen atoms in total. The highest BCUT2D eigenvalue weighted by molar-refractivity contribution is 5.15. The van der Waals surface area contributed by atoms with Gasteiger partial charge in [0.15, 0.2) is 0 Å². The minimum absolute atomic E-state index is 0.188. The Balaban J connectivity index is 2.64. The molecule has 0 unspecified atom stereocenters. The summed E-state index contributed by atoms with van der Waals surface area (Å²) in [6, 6.07) is 0. The molecular formula is C10H16O2. The molecule has 12 heavy (non-hydrogen) atoms. The van der Waals surface area contributed by atoms with Gasteiger partial charge < -0.3 is 10.2 Å². The molecule has 0 spiro atoms. The van der Waals surface area contributed by atoms with Crippen LogP contribution in [0.4, 0.5) is 0 Å². The molecule has 0 amide bonds. The summed E-state index contributed by atoms with van der Waals surface area (Å²) < 4.78 is 0. The molecule has 0 aliphatic heterocycles. The Hall–Kier alpha value is -0.600. The van der Waals surface area contributed by atoms with Crippen molar-refractivity contribution in [3.8, 4) is 0 Å². The summed E-state index contributed by atoms with van der Waals surface area (Å²) in [5, 5.41) is 18.5. The Labute approximate surface area is 73.2 Å². The van der Waals surface area contributed by atoms with Gasteiger partial charge in [0.2, 0.25) is 0 Å². The Bertz CT molecular complexity index is 208. The highest BCUT2D eigenvalue weighted by Gasteiger charge is 2.27. The Morgan fingerprint density at radius 1 is 1.75 bits per heavy atom. The summed E-state index contributed by atoms with van der Waals surface area (Å²) in [6.07, 6.45) is 5.12. The minimum Gasteiger partial charge on any atom is -0.393 e. The standard InChI is InChI=1S/C10H16O2/c1-8(2)9-3-5-10(12,7-11)6-4-9/h3,5,9,11-12H,1,4,6-7H2,2H3/t9-,10-/m0/s1. The highest BCUT2D eigenvalue weighted by Crippen LogP contribution is 2.28. The van der Waals surface area contributed by atoms with E-state index in [9.17, 15) is 5.11 Å². The zero-order valence-electron chi connectivity index (χ0n) is 7.45. The lowest BCUT2D eigenvalue weighted by Gasteiger charge is -2.29. The Kier molecular flexibility index (Phi) is 2.70. The maximum atomic E-state index is 9.61. The van der Waals surface area contributed by atoms with Crippen molar-refractivity contribution in [3.63, 3.8) is 0 Å². The van der Waals surface area contributed by atoms with Gasteiger partial charge in [0.05, 0.1) is 6.61 Å². The second-order valence-electron chi connectivity index (χ2n) is 3.61. The number of hydrogen-bond donors (Lipinski definition) is 2. The Morgan fingerprint density at radius 3 is 2.75 bits per heavy atom. The van der Waals surface area contributed by atoms with Crippen molar-refractivity contribution >= 4 is 0 Å². The van der Waals surface area contributed by atoms with Crippen molar-refractivity contribution in [2.24, 2.45) is 5.92 Å². The largest absolute Gasteiger partial charge is 0.393 e. The van der Waals surface area contributed by atoms with Crippen LogP contribution in [0.25, 0.3) is 0 Å². The molecule has 2 N–H and O–H groups in total. The fourth-order valence-electron chi connectivity index (χ4n) is 1.42. The van der Waals surface area contributed by atoms with E-state index in [0.29, 0.717) is 12.3 Å². The van der Waals surface area contributed by atoms with Crippen LogP contribution in [0.3, 0.4) is 0 Å². The van der Waals surface area contributed by atoms with E-state index in [-0.39, 0.29) is 6.61 Å². The molecule has 0 aromatic heterocycles. The first-order valence-corrected chi connectivity index (χ1v) is 4.25. The summed E-state index contributed by atoms with van der Waals surface area (Å²) in [4.78, 5) is 0. The average Bonchev–Trinajstić information content (AvgIpc) is 2.05. The molecule has 0 aromatic carbocycles. The van der Waals surface area contributed by atoms with Crippen LogP contribution < -0.4 is 0 Å². The summed E-state index contributed by atoms with van der Waals surface area (Å²) >= 11 is 0. The van der Waals surface area contributed by atoms with Gasteiger partial charge in [0.25, 0.3) is 0 Å². The first-order valence-electron chi connectivity index (χ1n) is 4.25. The summed E-state index contributed by atoms with van der Waals surface area (Å²) in [5.74, 6) is 0.372. The first kappa shape index (κ1) is 9.49. The maximum absolute atomic E-state index is 9.61. The zero-order valence-corrected chi connectivity index (χ0v) is 7.45. The zero-order chi connectivity index (χ0) is 9.19. The molecular weight excluding hydrogens is 152 g/mol. The van der Waals surface area contributed by atoms with Crippen LogP contribution in [0.1, 0.15) is 19.8 Å². The van der Waals surface area contributed by atoms with Gasteiger partial charge in [-0.05, 0) is 25.7 Å². The van der Waals surface area contributed by atoms with Crippen molar-refractivity contribution in [2.75, 3.05) is 6.61 Å². The smallest absolute Gasteiger partial charge is 0.106 e. The normalized spacial score (nSPS) is 35.1. The fraction of sp³-hybridized carbons (Fsp3) is 0.600. The van der Waals surface area contributed by atoms with Gasteiger partial charge in [-0.15, -0.1) is 0 Å². The molecule has 1 aliphatic carbocycles. The van der Waals surface area contributed by atoms with E-state index in [1.807, 2.05) is 13.0 Å². The molecule has 0 saturated heterocycles. The van der Waals surface area contributed by atoms with Gasteiger partial charge in [0, 0.05) is 0 Å². The number of rotatable bonds is 2. The van der Waals surface area contributed by atoms with E-state index in [1.54, 1.807) is 6.08 Å². The van der Waals surface area contributed by atoms with E-state index < -0.39 is 5.60 Å². The minimum atomic E-state index is -0.980. The lowest BCUT2D eigenvalue weighted by Crippen LogP contribution is -2.33. The highest BCUT2D eigenvalue weighted by atomic mass is 16.3. The molecule has 68 valence electrons. The van der Waals surface area contributed by atoms with E-state index in [1.165, 1.54) is 0 Å². The van der Waals surface area contributed by atoms with Gasteiger partial charge in [-0.1, -0.05) is 24.3 Å². The van der Waals surface area contributed by atoms with Crippen LogP contribution in [0.15, 0.2) is 24.3 Å². The molecule has 1 rings (SSSR count). The topological polar surface area (TPSA) is 40.5 Å². The van der Waals surface area contributed by atoms with E-state index in [0.717, 1.165) is 12.0 Å². The summed E-state index contributed by atoms with van der Waals surface area (Å²) in [5.41, 5.74) is 0.137. The van der Waals surface area contributed by atoms with Crippen LogP contribution >= 0.6 is 0 Å². The second-order valence-corrected chi connectivity index (χ2v) is 3.61. The van der Waals surface area contributed by atoms with Crippen LogP contribution in [0, 0.1) is 5.92 Å². The lowest BCUT2D eigenvalue weighted by atomic mass is 9.83. The number of aliphatic hydroxyl groups is 2. The molecule has 0 heterocycles. The fourth-order valence-corrected chi connectivity index (χ4v) is 1.42. The van der Waals surface area contributed by atoms with Crippen LogP contribution in [-0.2, 0) is 0 Å². The lowest BCUT2D eigenvalue weighted by molar-refractivity contribution is 0.0127. The van der Waals surface area contributed by atoms with Crippen molar-refractivity contribution in [3.05, 3.63) is 24.3 Å². The predicted molar refractivity (Wildman–Crippen MR) is 48.7 cm³/mol. The van der Waals surface area contributed by atoms with Crippen molar-refractivity contribution in [2.45, 2.75) is 25.4 Å². The molecule has 1 aliphatic rings. The first-order chi connectivity index (χ1) is 5.57. The molecule has 0 radical (unpaired) electrons. The average molecular weight is 168 g/mol. The van der Waals surface area contributed by atoms with E-state index >= 15 is 0 Å². The summed E-state index contributed by atoms with van der Waals surface area (Å²) in [7, 11) is 0. The van der Waals surface area contributed by atoms with Crippen molar-refractivity contribution in [1.82, 2.24) is 0 Å².